The van der Waals surface area contributed by atoms with Gasteiger partial charge in [0, 0.05) is 5.02 Å². The summed E-state index contributed by atoms with van der Waals surface area (Å²) in [7, 11) is 0. The Morgan fingerprint density at radius 3 is 2.20 bits per heavy atom. The van der Waals surface area contributed by atoms with Crippen LogP contribution in [0.3, 0.4) is 0 Å². The van der Waals surface area contributed by atoms with Gasteiger partial charge in [0.05, 0.1) is 0 Å². The van der Waals surface area contributed by atoms with Gasteiger partial charge >= 0.3 is 0 Å². The van der Waals surface area contributed by atoms with E-state index >= 15 is 0 Å². The molecule has 0 nitrogen and oxygen atoms in total. The third kappa shape index (κ3) is 4.38. The molecule has 0 saturated carbocycles. The lowest BCUT2D eigenvalue weighted by Gasteiger charge is -2.15. The lowest BCUT2D eigenvalue weighted by Crippen LogP contribution is -1.98. The van der Waals surface area contributed by atoms with Crippen molar-refractivity contribution < 1.29 is 0 Å². The van der Waals surface area contributed by atoms with Crippen LogP contribution in [0.4, 0.5) is 0 Å². The number of rotatable bonds is 6. The van der Waals surface area contributed by atoms with Crippen LogP contribution < -0.4 is 0 Å². The van der Waals surface area contributed by atoms with Crippen LogP contribution in [0.25, 0.3) is 0 Å². The SMILES string of the molecule is CCC(CCCc1ccc(C)cc1)c1ccc(Cl)cc1. The lowest BCUT2D eigenvalue weighted by molar-refractivity contribution is 0.576. The van der Waals surface area contributed by atoms with E-state index < -0.39 is 0 Å². The Kier molecular flexibility index (Phi) is 5.67. The third-order valence-corrected chi connectivity index (χ3v) is 4.22. The van der Waals surface area contributed by atoms with Crippen molar-refractivity contribution >= 4 is 11.6 Å². The average Bonchev–Trinajstić information content (AvgIpc) is 2.47. The van der Waals surface area contributed by atoms with E-state index in [2.05, 4.69) is 50.2 Å². The molecule has 106 valence electrons. The fourth-order valence-electron chi connectivity index (χ4n) is 2.65. The van der Waals surface area contributed by atoms with E-state index in [1.165, 1.54) is 42.4 Å². The van der Waals surface area contributed by atoms with E-state index in [-0.39, 0.29) is 0 Å². The highest BCUT2D eigenvalue weighted by atomic mass is 35.5. The molecule has 1 heteroatoms. The highest BCUT2D eigenvalue weighted by molar-refractivity contribution is 6.30. The Morgan fingerprint density at radius 2 is 1.60 bits per heavy atom. The molecule has 2 rings (SSSR count). The van der Waals surface area contributed by atoms with Crippen LogP contribution >= 0.6 is 11.6 Å². The molecule has 0 saturated heterocycles. The fraction of sp³-hybridized carbons (Fsp3) is 0.368. The van der Waals surface area contributed by atoms with E-state index in [1.807, 2.05) is 12.1 Å². The summed E-state index contributed by atoms with van der Waals surface area (Å²) in [5, 5.41) is 0.822. The predicted octanol–water partition coefficient (Wildman–Crippen LogP) is 6.16. The smallest absolute Gasteiger partial charge is 0.0406 e. The van der Waals surface area contributed by atoms with E-state index in [9.17, 15) is 0 Å². The van der Waals surface area contributed by atoms with E-state index in [1.54, 1.807) is 0 Å². The van der Waals surface area contributed by atoms with Gasteiger partial charge in [-0.05, 0) is 61.8 Å². The number of hydrogen-bond acceptors (Lipinski definition) is 0. The molecule has 2 aromatic carbocycles. The monoisotopic (exact) mass is 286 g/mol. The molecule has 0 aliphatic heterocycles. The molecular formula is C19H23Cl. The molecule has 1 atom stereocenters. The minimum atomic E-state index is 0.651. The van der Waals surface area contributed by atoms with Crippen LogP contribution in [0.5, 0.6) is 0 Å². The second-order valence-corrected chi connectivity index (χ2v) is 5.97. The van der Waals surface area contributed by atoms with Crippen LogP contribution in [0.2, 0.25) is 5.02 Å². The first kappa shape index (κ1) is 15.1. The summed E-state index contributed by atoms with van der Waals surface area (Å²) < 4.78 is 0. The van der Waals surface area contributed by atoms with E-state index in [0.717, 1.165) is 5.02 Å². The summed E-state index contributed by atoms with van der Waals surface area (Å²) >= 11 is 5.96. The van der Waals surface area contributed by atoms with Crippen LogP contribution in [0, 0.1) is 6.92 Å². The zero-order valence-electron chi connectivity index (χ0n) is 12.4. The normalized spacial score (nSPS) is 12.3. The molecule has 20 heavy (non-hydrogen) atoms. The van der Waals surface area contributed by atoms with Gasteiger partial charge in [0.2, 0.25) is 0 Å². The molecule has 0 bridgehead atoms. The first-order valence-corrected chi connectivity index (χ1v) is 7.88. The molecule has 0 amide bonds. The van der Waals surface area contributed by atoms with Crippen LogP contribution in [-0.4, -0.2) is 0 Å². The van der Waals surface area contributed by atoms with Gasteiger partial charge in [0.15, 0.2) is 0 Å². The molecule has 0 aromatic heterocycles. The van der Waals surface area contributed by atoms with Gasteiger partial charge < -0.3 is 0 Å². The topological polar surface area (TPSA) is 0 Å². The lowest BCUT2D eigenvalue weighted by atomic mass is 9.90. The average molecular weight is 287 g/mol. The molecule has 0 N–H and O–H groups in total. The van der Waals surface area contributed by atoms with E-state index in [0.29, 0.717) is 5.92 Å². The van der Waals surface area contributed by atoms with Crippen molar-refractivity contribution in [3.63, 3.8) is 0 Å². The van der Waals surface area contributed by atoms with Crippen molar-refractivity contribution in [3.05, 3.63) is 70.2 Å². The summed E-state index contributed by atoms with van der Waals surface area (Å²) in [6.07, 6.45) is 4.84. The Hall–Kier alpha value is -1.27. The highest BCUT2D eigenvalue weighted by Crippen LogP contribution is 2.26. The first-order chi connectivity index (χ1) is 9.69. The maximum Gasteiger partial charge on any atom is 0.0406 e. The van der Waals surface area contributed by atoms with Crippen LogP contribution in [0.15, 0.2) is 48.5 Å². The van der Waals surface area contributed by atoms with Gasteiger partial charge in [-0.25, -0.2) is 0 Å². The Balaban J connectivity index is 1.87. The molecule has 0 aliphatic rings. The summed E-state index contributed by atoms with van der Waals surface area (Å²) in [6.45, 7) is 4.41. The summed E-state index contributed by atoms with van der Waals surface area (Å²) in [5.74, 6) is 0.651. The molecule has 2 aromatic rings. The van der Waals surface area contributed by atoms with Crippen molar-refractivity contribution in [3.8, 4) is 0 Å². The van der Waals surface area contributed by atoms with Crippen molar-refractivity contribution in [2.24, 2.45) is 0 Å². The molecular weight excluding hydrogens is 264 g/mol. The maximum absolute atomic E-state index is 5.96. The van der Waals surface area contributed by atoms with Gasteiger partial charge in [-0.2, -0.15) is 0 Å². The van der Waals surface area contributed by atoms with Gasteiger partial charge in [0.25, 0.3) is 0 Å². The zero-order chi connectivity index (χ0) is 14.4. The number of hydrogen-bond donors (Lipinski definition) is 0. The van der Waals surface area contributed by atoms with Gasteiger partial charge in [-0.3, -0.25) is 0 Å². The molecule has 0 radical (unpaired) electrons. The van der Waals surface area contributed by atoms with Gasteiger partial charge in [-0.1, -0.05) is 60.5 Å². The molecule has 0 spiro atoms. The first-order valence-electron chi connectivity index (χ1n) is 7.50. The predicted molar refractivity (Wildman–Crippen MR) is 88.6 cm³/mol. The Bertz CT molecular complexity index is 510. The van der Waals surface area contributed by atoms with Crippen molar-refractivity contribution in [2.75, 3.05) is 0 Å². The number of benzene rings is 2. The second kappa shape index (κ2) is 7.50. The molecule has 1 unspecified atom stereocenters. The van der Waals surface area contributed by atoms with Crippen LogP contribution in [-0.2, 0) is 6.42 Å². The Morgan fingerprint density at radius 1 is 0.950 bits per heavy atom. The summed E-state index contributed by atoms with van der Waals surface area (Å²) in [6, 6.07) is 17.2. The molecule has 0 fully saturated rings. The minimum Gasteiger partial charge on any atom is -0.0843 e. The van der Waals surface area contributed by atoms with E-state index in [4.69, 9.17) is 11.6 Å². The van der Waals surface area contributed by atoms with Crippen molar-refractivity contribution in [1.82, 2.24) is 0 Å². The largest absolute Gasteiger partial charge is 0.0843 e. The third-order valence-electron chi connectivity index (χ3n) is 3.97. The van der Waals surface area contributed by atoms with Crippen molar-refractivity contribution in [2.45, 2.75) is 45.4 Å². The fourth-order valence-corrected chi connectivity index (χ4v) is 2.77. The second-order valence-electron chi connectivity index (χ2n) is 5.53. The number of halogens is 1. The minimum absolute atomic E-state index is 0.651. The quantitative estimate of drug-likeness (QED) is 0.596. The zero-order valence-corrected chi connectivity index (χ0v) is 13.2. The molecule has 0 heterocycles. The highest BCUT2D eigenvalue weighted by Gasteiger charge is 2.09. The molecule has 0 aliphatic carbocycles. The number of aryl methyl sites for hydroxylation is 2. The standard InChI is InChI=1S/C19H23Cl/c1-3-17(18-11-13-19(20)14-12-18)6-4-5-16-9-7-15(2)8-10-16/h7-14,17H,3-6H2,1-2H3. The summed E-state index contributed by atoms with van der Waals surface area (Å²) in [5.41, 5.74) is 4.20. The summed E-state index contributed by atoms with van der Waals surface area (Å²) in [4.78, 5) is 0. The van der Waals surface area contributed by atoms with Gasteiger partial charge in [0.1, 0.15) is 0 Å². The maximum atomic E-state index is 5.96. The van der Waals surface area contributed by atoms with Gasteiger partial charge in [-0.15, -0.1) is 0 Å². The van der Waals surface area contributed by atoms with Crippen LogP contribution in [0.1, 0.15) is 48.8 Å². The Labute approximate surface area is 127 Å². The van der Waals surface area contributed by atoms with Crippen molar-refractivity contribution in [1.29, 1.82) is 0 Å².